The van der Waals surface area contributed by atoms with Crippen molar-refractivity contribution in [1.82, 2.24) is 9.80 Å². The van der Waals surface area contributed by atoms with E-state index in [1.165, 1.54) is 23.3 Å². The molecule has 0 aliphatic carbocycles. The van der Waals surface area contributed by atoms with Crippen molar-refractivity contribution in [1.29, 1.82) is 0 Å². The Labute approximate surface area is 202 Å². The SMILES string of the molecule is COc1ccsc1C1=CCN(CC[C@H](C(=O)N2CCCCCC2)c2ccccc2)CC1.Cl. The molecule has 0 N–H and O–H groups in total. The van der Waals surface area contributed by atoms with Gasteiger partial charge in [0.2, 0.25) is 5.91 Å². The number of likely N-dealkylation sites (tertiary alicyclic amines) is 1. The van der Waals surface area contributed by atoms with Crippen LogP contribution in [0.3, 0.4) is 0 Å². The Balaban J connectivity index is 0.00000289. The van der Waals surface area contributed by atoms with Gasteiger partial charge in [-0.05, 0) is 54.8 Å². The number of carbonyl (C=O) groups excluding carboxylic acids is 1. The maximum atomic E-state index is 13.5. The lowest BCUT2D eigenvalue weighted by atomic mass is 9.93. The highest BCUT2D eigenvalue weighted by Crippen LogP contribution is 2.35. The number of ether oxygens (including phenoxy) is 1. The Bertz CT molecular complexity index is 875. The molecule has 1 amide bonds. The van der Waals surface area contributed by atoms with Gasteiger partial charge in [-0.1, -0.05) is 49.2 Å². The van der Waals surface area contributed by atoms with Crippen LogP contribution in [-0.4, -0.2) is 55.5 Å². The highest BCUT2D eigenvalue weighted by atomic mass is 35.5. The third-order valence-electron chi connectivity index (χ3n) is 6.59. The first kappa shape index (κ1) is 24.8. The Morgan fingerprint density at radius 1 is 1.06 bits per heavy atom. The number of amides is 1. The summed E-state index contributed by atoms with van der Waals surface area (Å²) in [5.41, 5.74) is 2.55. The molecular weight excluding hydrogens is 440 g/mol. The smallest absolute Gasteiger partial charge is 0.230 e. The van der Waals surface area contributed by atoms with Crippen molar-refractivity contribution in [2.45, 2.75) is 44.4 Å². The summed E-state index contributed by atoms with van der Waals surface area (Å²) in [7, 11) is 1.74. The van der Waals surface area contributed by atoms with Gasteiger partial charge in [-0.3, -0.25) is 9.69 Å². The topological polar surface area (TPSA) is 32.8 Å². The number of carbonyl (C=O) groups is 1. The minimum Gasteiger partial charge on any atom is -0.495 e. The van der Waals surface area contributed by atoms with Crippen LogP contribution < -0.4 is 4.74 Å². The van der Waals surface area contributed by atoms with E-state index in [2.05, 4.69) is 45.5 Å². The number of nitrogens with zero attached hydrogens (tertiary/aromatic N) is 2. The maximum absolute atomic E-state index is 13.5. The molecule has 3 heterocycles. The lowest BCUT2D eigenvalue weighted by Gasteiger charge is -2.30. The highest BCUT2D eigenvalue weighted by Gasteiger charge is 2.27. The molecule has 32 heavy (non-hydrogen) atoms. The second-order valence-corrected chi connectivity index (χ2v) is 9.51. The predicted octanol–water partition coefficient (Wildman–Crippen LogP) is 5.84. The molecule has 2 aliphatic rings. The van der Waals surface area contributed by atoms with Crippen LogP contribution in [0, 0.1) is 0 Å². The molecule has 1 saturated heterocycles. The standard InChI is InChI=1S/C26H34N2O2S.ClH/c1-30-24-14-20-31-25(24)22-11-17-27(18-12-22)19-13-23(21-9-5-4-6-10-21)26(29)28-15-7-2-3-8-16-28;/h4-6,9-11,14,20,23H,2-3,7-8,12-13,15-19H2,1H3;1H/t23-;/m0./s1. The molecule has 1 aromatic heterocycles. The molecule has 174 valence electrons. The summed E-state index contributed by atoms with van der Waals surface area (Å²) in [5.74, 6) is 1.27. The van der Waals surface area contributed by atoms with E-state index < -0.39 is 0 Å². The monoisotopic (exact) mass is 474 g/mol. The van der Waals surface area contributed by atoms with E-state index in [1.54, 1.807) is 18.4 Å². The fourth-order valence-electron chi connectivity index (χ4n) is 4.75. The largest absolute Gasteiger partial charge is 0.495 e. The van der Waals surface area contributed by atoms with Crippen molar-refractivity contribution in [3.63, 3.8) is 0 Å². The summed E-state index contributed by atoms with van der Waals surface area (Å²) in [6, 6.07) is 12.4. The molecule has 1 fully saturated rings. The Kier molecular flexibility index (Phi) is 9.64. The van der Waals surface area contributed by atoms with Crippen LogP contribution >= 0.6 is 23.7 Å². The average Bonchev–Trinajstić information content (AvgIpc) is 3.13. The van der Waals surface area contributed by atoms with Crippen molar-refractivity contribution in [2.75, 3.05) is 39.8 Å². The maximum Gasteiger partial charge on any atom is 0.230 e. The third kappa shape index (κ3) is 6.15. The molecule has 4 nitrogen and oxygen atoms in total. The molecule has 0 radical (unpaired) electrons. The molecule has 0 saturated carbocycles. The summed E-state index contributed by atoms with van der Waals surface area (Å²) in [4.78, 5) is 19.4. The van der Waals surface area contributed by atoms with Crippen LogP contribution in [0.5, 0.6) is 5.75 Å². The molecule has 0 unspecified atom stereocenters. The molecule has 1 atom stereocenters. The number of thiophene rings is 1. The van der Waals surface area contributed by atoms with Gasteiger partial charge in [-0.15, -0.1) is 23.7 Å². The number of hydrogen-bond acceptors (Lipinski definition) is 4. The van der Waals surface area contributed by atoms with E-state index >= 15 is 0 Å². The van der Waals surface area contributed by atoms with Gasteiger partial charge in [0.25, 0.3) is 0 Å². The first-order chi connectivity index (χ1) is 15.3. The molecule has 2 aromatic rings. The van der Waals surface area contributed by atoms with Crippen LogP contribution in [0.4, 0.5) is 0 Å². The lowest BCUT2D eigenvalue weighted by molar-refractivity contribution is -0.133. The number of benzene rings is 1. The molecule has 0 bridgehead atoms. The highest BCUT2D eigenvalue weighted by molar-refractivity contribution is 7.11. The normalized spacial score (nSPS) is 18.3. The molecular formula is C26H35ClN2O2S. The number of methoxy groups -OCH3 is 1. The van der Waals surface area contributed by atoms with Gasteiger partial charge in [-0.2, -0.15) is 0 Å². The Morgan fingerprint density at radius 2 is 1.81 bits per heavy atom. The van der Waals surface area contributed by atoms with Gasteiger partial charge in [0.1, 0.15) is 5.75 Å². The summed E-state index contributed by atoms with van der Waals surface area (Å²) in [5, 5.41) is 2.10. The second kappa shape index (κ2) is 12.4. The Hall–Kier alpha value is -1.82. The fraction of sp³-hybridized carbons (Fsp3) is 0.500. The van der Waals surface area contributed by atoms with E-state index in [4.69, 9.17) is 4.74 Å². The summed E-state index contributed by atoms with van der Waals surface area (Å²) in [6.45, 7) is 4.76. The lowest BCUT2D eigenvalue weighted by Crippen LogP contribution is -2.38. The van der Waals surface area contributed by atoms with E-state index in [1.807, 2.05) is 12.1 Å². The predicted molar refractivity (Wildman–Crippen MR) is 136 cm³/mol. The average molecular weight is 475 g/mol. The number of halogens is 1. The summed E-state index contributed by atoms with van der Waals surface area (Å²) >= 11 is 1.76. The van der Waals surface area contributed by atoms with Gasteiger partial charge in [0.15, 0.2) is 0 Å². The van der Waals surface area contributed by atoms with Gasteiger partial charge < -0.3 is 9.64 Å². The van der Waals surface area contributed by atoms with E-state index in [0.717, 1.165) is 69.7 Å². The van der Waals surface area contributed by atoms with Crippen molar-refractivity contribution >= 4 is 35.2 Å². The second-order valence-electron chi connectivity index (χ2n) is 8.59. The van der Waals surface area contributed by atoms with E-state index in [0.29, 0.717) is 5.91 Å². The zero-order valence-corrected chi connectivity index (χ0v) is 20.6. The van der Waals surface area contributed by atoms with Crippen LogP contribution in [0.25, 0.3) is 5.57 Å². The zero-order valence-electron chi connectivity index (χ0n) is 19.0. The van der Waals surface area contributed by atoms with Crippen molar-refractivity contribution in [2.24, 2.45) is 0 Å². The number of rotatable bonds is 7. The Morgan fingerprint density at radius 3 is 2.47 bits per heavy atom. The molecule has 2 aliphatic heterocycles. The first-order valence-corrected chi connectivity index (χ1v) is 12.5. The summed E-state index contributed by atoms with van der Waals surface area (Å²) in [6.07, 6.45) is 9.02. The van der Waals surface area contributed by atoms with Crippen molar-refractivity contribution in [3.8, 4) is 5.75 Å². The molecule has 6 heteroatoms. The van der Waals surface area contributed by atoms with Crippen LogP contribution in [-0.2, 0) is 4.79 Å². The van der Waals surface area contributed by atoms with Crippen molar-refractivity contribution in [3.05, 3.63) is 58.3 Å². The third-order valence-corrected chi connectivity index (χ3v) is 7.56. The van der Waals surface area contributed by atoms with E-state index in [-0.39, 0.29) is 18.3 Å². The van der Waals surface area contributed by atoms with Crippen molar-refractivity contribution < 1.29 is 9.53 Å². The molecule has 1 aromatic carbocycles. The zero-order chi connectivity index (χ0) is 21.5. The fourth-order valence-corrected chi connectivity index (χ4v) is 5.69. The minimum atomic E-state index is -0.0398. The van der Waals surface area contributed by atoms with E-state index in [9.17, 15) is 4.79 Å². The number of hydrogen-bond donors (Lipinski definition) is 0. The quantitative estimate of drug-likeness (QED) is 0.505. The van der Waals surface area contributed by atoms with Gasteiger partial charge in [-0.25, -0.2) is 0 Å². The first-order valence-electron chi connectivity index (χ1n) is 11.6. The van der Waals surface area contributed by atoms with Crippen LogP contribution in [0.1, 0.15) is 54.9 Å². The van der Waals surface area contributed by atoms with Crippen LogP contribution in [0.15, 0.2) is 47.9 Å². The van der Waals surface area contributed by atoms with Gasteiger partial charge in [0.05, 0.1) is 17.9 Å². The van der Waals surface area contributed by atoms with Gasteiger partial charge >= 0.3 is 0 Å². The van der Waals surface area contributed by atoms with Crippen LogP contribution in [0.2, 0.25) is 0 Å². The summed E-state index contributed by atoms with van der Waals surface area (Å²) < 4.78 is 5.50. The van der Waals surface area contributed by atoms with Gasteiger partial charge in [0, 0.05) is 26.2 Å². The minimum absolute atomic E-state index is 0. The molecule has 0 spiro atoms. The molecule has 4 rings (SSSR count).